The summed E-state index contributed by atoms with van der Waals surface area (Å²) in [5.74, 6) is 1.37. The van der Waals surface area contributed by atoms with E-state index >= 15 is 0 Å². The first-order valence-electron chi connectivity index (χ1n) is 6.77. The third-order valence-corrected chi connectivity index (χ3v) is 4.80. The molecule has 2 heterocycles. The van der Waals surface area contributed by atoms with Gasteiger partial charge in [-0.2, -0.15) is 0 Å². The molecule has 0 bridgehead atoms. The summed E-state index contributed by atoms with van der Waals surface area (Å²) < 4.78 is 12.9. The monoisotopic (exact) mass is 248 g/mol. The molecule has 0 aliphatic carbocycles. The van der Waals surface area contributed by atoms with Gasteiger partial charge in [-0.1, -0.05) is 12.1 Å². The number of halogens is 1. The molecule has 2 aliphatic heterocycles. The zero-order valence-electron chi connectivity index (χ0n) is 11.1. The summed E-state index contributed by atoms with van der Waals surface area (Å²) in [6.45, 7) is 9.05. The van der Waals surface area contributed by atoms with Crippen molar-refractivity contribution in [1.82, 2.24) is 10.2 Å². The van der Waals surface area contributed by atoms with Gasteiger partial charge in [0.25, 0.3) is 0 Å². The van der Waals surface area contributed by atoms with Crippen LogP contribution >= 0.6 is 0 Å². The lowest BCUT2D eigenvalue weighted by Gasteiger charge is -2.35. The van der Waals surface area contributed by atoms with E-state index in [0.717, 1.165) is 38.0 Å². The van der Waals surface area contributed by atoms with Crippen LogP contribution < -0.4 is 5.32 Å². The predicted octanol–water partition coefficient (Wildman–Crippen LogP) is 2.26. The van der Waals surface area contributed by atoms with Gasteiger partial charge < -0.3 is 5.32 Å². The van der Waals surface area contributed by atoms with Crippen LogP contribution in [0.4, 0.5) is 4.39 Å². The van der Waals surface area contributed by atoms with E-state index in [2.05, 4.69) is 24.1 Å². The van der Waals surface area contributed by atoms with E-state index in [-0.39, 0.29) is 11.4 Å². The van der Waals surface area contributed by atoms with Crippen LogP contribution in [0.25, 0.3) is 0 Å². The van der Waals surface area contributed by atoms with Crippen molar-refractivity contribution < 1.29 is 4.39 Å². The maximum atomic E-state index is 12.9. The maximum absolute atomic E-state index is 12.9. The lowest BCUT2D eigenvalue weighted by molar-refractivity contribution is 0.132. The van der Waals surface area contributed by atoms with E-state index < -0.39 is 0 Å². The SMILES string of the molecule is CC1(C)C2CNCC2CN1Cc1ccc(F)cc1. The number of benzene rings is 1. The number of nitrogens with zero attached hydrogens (tertiary/aromatic N) is 1. The Hall–Kier alpha value is -0.930. The first kappa shape index (κ1) is 12.1. The molecule has 2 fully saturated rings. The molecule has 1 N–H and O–H groups in total. The number of nitrogens with one attached hydrogen (secondary N) is 1. The number of hydrogen-bond donors (Lipinski definition) is 1. The molecule has 1 aromatic rings. The third-order valence-electron chi connectivity index (χ3n) is 4.80. The van der Waals surface area contributed by atoms with Gasteiger partial charge in [-0.05, 0) is 49.9 Å². The minimum Gasteiger partial charge on any atom is -0.316 e. The Kier molecular flexibility index (Phi) is 2.91. The van der Waals surface area contributed by atoms with Crippen LogP contribution in [0.3, 0.4) is 0 Å². The number of hydrogen-bond acceptors (Lipinski definition) is 2. The summed E-state index contributed by atoms with van der Waals surface area (Å²) in [7, 11) is 0. The van der Waals surface area contributed by atoms with Gasteiger partial charge in [0.15, 0.2) is 0 Å². The lowest BCUT2D eigenvalue weighted by atomic mass is 9.85. The Labute approximate surface area is 108 Å². The van der Waals surface area contributed by atoms with Gasteiger partial charge in [-0.15, -0.1) is 0 Å². The van der Waals surface area contributed by atoms with Crippen molar-refractivity contribution in [2.45, 2.75) is 25.9 Å². The van der Waals surface area contributed by atoms with Crippen molar-refractivity contribution in [2.75, 3.05) is 19.6 Å². The Morgan fingerprint density at radius 2 is 2.00 bits per heavy atom. The van der Waals surface area contributed by atoms with E-state index in [0.29, 0.717) is 0 Å². The van der Waals surface area contributed by atoms with Crippen LogP contribution in [0.15, 0.2) is 24.3 Å². The van der Waals surface area contributed by atoms with E-state index in [1.165, 1.54) is 5.56 Å². The highest BCUT2D eigenvalue weighted by Crippen LogP contribution is 2.41. The fraction of sp³-hybridized carbons (Fsp3) is 0.600. The van der Waals surface area contributed by atoms with Gasteiger partial charge in [0.2, 0.25) is 0 Å². The second-order valence-corrected chi connectivity index (χ2v) is 6.19. The quantitative estimate of drug-likeness (QED) is 0.863. The highest BCUT2D eigenvalue weighted by molar-refractivity contribution is 5.17. The molecule has 0 saturated carbocycles. The van der Waals surface area contributed by atoms with Gasteiger partial charge >= 0.3 is 0 Å². The van der Waals surface area contributed by atoms with Crippen molar-refractivity contribution in [2.24, 2.45) is 11.8 Å². The zero-order chi connectivity index (χ0) is 12.8. The highest BCUT2D eigenvalue weighted by atomic mass is 19.1. The molecule has 2 saturated heterocycles. The molecule has 3 rings (SSSR count). The number of rotatable bonds is 2. The Morgan fingerprint density at radius 3 is 2.67 bits per heavy atom. The Bertz CT molecular complexity index is 427. The van der Waals surface area contributed by atoms with E-state index in [1.54, 1.807) is 12.1 Å². The molecule has 0 amide bonds. The van der Waals surface area contributed by atoms with Crippen molar-refractivity contribution in [1.29, 1.82) is 0 Å². The van der Waals surface area contributed by atoms with E-state index in [9.17, 15) is 4.39 Å². The van der Waals surface area contributed by atoms with Crippen LogP contribution in [-0.2, 0) is 6.54 Å². The minimum atomic E-state index is -0.152. The van der Waals surface area contributed by atoms with Gasteiger partial charge in [0, 0.05) is 25.2 Å². The average Bonchev–Trinajstić information content (AvgIpc) is 2.87. The standard InChI is InChI=1S/C15H21FN2/c1-15(2)14-8-17-7-12(14)10-18(15)9-11-3-5-13(16)6-4-11/h3-6,12,14,17H,7-10H2,1-2H3. The predicted molar refractivity (Wildman–Crippen MR) is 70.7 cm³/mol. The molecule has 98 valence electrons. The largest absolute Gasteiger partial charge is 0.316 e. The van der Waals surface area contributed by atoms with Crippen molar-refractivity contribution in [3.8, 4) is 0 Å². The van der Waals surface area contributed by atoms with E-state index in [1.807, 2.05) is 12.1 Å². The van der Waals surface area contributed by atoms with Crippen molar-refractivity contribution >= 4 is 0 Å². The second kappa shape index (κ2) is 4.32. The van der Waals surface area contributed by atoms with Crippen LogP contribution in [-0.4, -0.2) is 30.1 Å². The molecule has 2 nitrogen and oxygen atoms in total. The molecule has 0 radical (unpaired) electrons. The van der Waals surface area contributed by atoms with Crippen LogP contribution in [0.2, 0.25) is 0 Å². The van der Waals surface area contributed by atoms with Crippen molar-refractivity contribution in [3.05, 3.63) is 35.6 Å². The first-order chi connectivity index (χ1) is 8.57. The fourth-order valence-electron chi connectivity index (χ4n) is 3.58. The molecule has 0 spiro atoms. The summed E-state index contributed by atoms with van der Waals surface area (Å²) >= 11 is 0. The minimum absolute atomic E-state index is 0.152. The molecule has 2 aliphatic rings. The summed E-state index contributed by atoms with van der Waals surface area (Å²) in [5.41, 5.74) is 1.44. The molecule has 3 heteroatoms. The summed E-state index contributed by atoms with van der Waals surface area (Å²) in [6, 6.07) is 6.91. The molecular weight excluding hydrogens is 227 g/mol. The Balaban J connectivity index is 1.75. The lowest BCUT2D eigenvalue weighted by Crippen LogP contribution is -2.43. The second-order valence-electron chi connectivity index (χ2n) is 6.19. The van der Waals surface area contributed by atoms with Crippen LogP contribution in [0.1, 0.15) is 19.4 Å². The zero-order valence-corrected chi connectivity index (χ0v) is 11.1. The number of likely N-dealkylation sites (tertiary alicyclic amines) is 1. The van der Waals surface area contributed by atoms with Crippen LogP contribution in [0.5, 0.6) is 0 Å². The van der Waals surface area contributed by atoms with Gasteiger partial charge in [-0.3, -0.25) is 4.90 Å². The van der Waals surface area contributed by atoms with Gasteiger partial charge in [-0.25, -0.2) is 4.39 Å². The molecule has 0 aromatic heterocycles. The van der Waals surface area contributed by atoms with Gasteiger partial charge in [0.05, 0.1) is 0 Å². The average molecular weight is 248 g/mol. The summed E-state index contributed by atoms with van der Waals surface area (Å²) in [4.78, 5) is 2.55. The summed E-state index contributed by atoms with van der Waals surface area (Å²) in [6.07, 6.45) is 0. The first-order valence-corrected chi connectivity index (χ1v) is 6.77. The normalized spacial score (nSPS) is 30.6. The summed E-state index contributed by atoms with van der Waals surface area (Å²) in [5, 5.41) is 3.50. The van der Waals surface area contributed by atoms with Crippen molar-refractivity contribution in [3.63, 3.8) is 0 Å². The van der Waals surface area contributed by atoms with E-state index in [4.69, 9.17) is 0 Å². The molecule has 18 heavy (non-hydrogen) atoms. The maximum Gasteiger partial charge on any atom is 0.123 e. The topological polar surface area (TPSA) is 15.3 Å². The molecular formula is C15H21FN2. The Morgan fingerprint density at radius 1 is 1.28 bits per heavy atom. The number of fused-ring (bicyclic) bond motifs is 1. The molecule has 2 atom stereocenters. The van der Waals surface area contributed by atoms with Gasteiger partial charge in [0.1, 0.15) is 5.82 Å². The highest BCUT2D eigenvalue weighted by Gasteiger charge is 2.49. The third kappa shape index (κ3) is 1.95. The molecule has 1 aromatic carbocycles. The van der Waals surface area contributed by atoms with Crippen LogP contribution in [0, 0.1) is 17.7 Å². The molecule has 2 unspecified atom stereocenters. The fourth-order valence-corrected chi connectivity index (χ4v) is 3.58. The smallest absolute Gasteiger partial charge is 0.123 e.